The normalized spacial score (nSPS) is 10.7. The molecule has 0 saturated carbocycles. The van der Waals surface area contributed by atoms with Crippen LogP contribution in [-0.4, -0.2) is 4.98 Å². The minimum atomic E-state index is -0.210. The van der Waals surface area contributed by atoms with Crippen LogP contribution < -0.4 is 4.74 Å². The van der Waals surface area contributed by atoms with Crippen molar-refractivity contribution < 1.29 is 9.13 Å². The van der Waals surface area contributed by atoms with Crippen LogP contribution in [0.2, 0.25) is 0 Å². The average molecular weight is 345 g/mol. The molecule has 118 valence electrons. The highest BCUT2D eigenvalue weighted by Crippen LogP contribution is 2.24. The van der Waals surface area contributed by atoms with E-state index in [1.54, 1.807) is 35.2 Å². The molecular weight excluding hydrogens is 329 g/mol. The Labute approximate surface area is 143 Å². The zero-order valence-electron chi connectivity index (χ0n) is 12.7. The number of rotatable bonds is 6. The van der Waals surface area contributed by atoms with E-state index in [2.05, 4.69) is 11.9 Å². The van der Waals surface area contributed by atoms with Crippen molar-refractivity contribution in [1.29, 1.82) is 0 Å². The maximum Gasteiger partial charge on any atom is 0.140 e. The van der Waals surface area contributed by atoms with Crippen molar-refractivity contribution in [3.8, 4) is 5.75 Å². The first-order chi connectivity index (χ1) is 11.2. The van der Waals surface area contributed by atoms with E-state index in [-0.39, 0.29) is 5.82 Å². The Bertz CT molecular complexity index is 689. The lowest BCUT2D eigenvalue weighted by Crippen LogP contribution is -1.95. The number of hydrogen-bond donors (Lipinski definition) is 0. The molecule has 2 aromatic carbocycles. The molecule has 0 amide bonds. The highest BCUT2D eigenvalue weighted by Gasteiger charge is 2.04. The molecule has 0 fully saturated rings. The smallest absolute Gasteiger partial charge is 0.140 e. The molecule has 2 nitrogen and oxygen atoms in total. The predicted octanol–water partition coefficient (Wildman–Crippen LogP) is 5.46. The molecule has 3 aromatic rings. The van der Waals surface area contributed by atoms with Crippen molar-refractivity contribution in [2.24, 2.45) is 0 Å². The fourth-order valence-electron chi connectivity index (χ4n) is 1.95. The summed E-state index contributed by atoms with van der Waals surface area (Å²) < 4.78 is 18.6. The van der Waals surface area contributed by atoms with Crippen LogP contribution in [0.15, 0.2) is 58.8 Å². The summed E-state index contributed by atoms with van der Waals surface area (Å²) in [6.07, 6.45) is 0. The molecule has 0 unspecified atom stereocenters. The third kappa shape index (κ3) is 4.81. The predicted molar refractivity (Wildman–Crippen MR) is 93.6 cm³/mol. The van der Waals surface area contributed by atoms with E-state index in [4.69, 9.17) is 4.74 Å². The van der Waals surface area contributed by atoms with Crippen molar-refractivity contribution in [2.75, 3.05) is 0 Å². The maximum absolute atomic E-state index is 12.9. The van der Waals surface area contributed by atoms with E-state index in [1.165, 1.54) is 17.7 Å². The van der Waals surface area contributed by atoms with Gasteiger partial charge in [0.2, 0.25) is 0 Å². The summed E-state index contributed by atoms with van der Waals surface area (Å²) in [7, 11) is 0. The van der Waals surface area contributed by atoms with E-state index >= 15 is 0 Å². The molecule has 1 heterocycles. The molecule has 5 heteroatoms. The number of aryl methyl sites for hydroxylation is 1. The Morgan fingerprint density at radius 1 is 1.09 bits per heavy atom. The number of nitrogens with zero attached hydrogens (tertiary/aromatic N) is 1. The van der Waals surface area contributed by atoms with Crippen LogP contribution in [0.5, 0.6) is 5.75 Å². The topological polar surface area (TPSA) is 22.1 Å². The first-order valence-electron chi connectivity index (χ1n) is 7.20. The number of ether oxygens (including phenoxy) is 1. The molecule has 0 atom stereocenters. The average Bonchev–Trinajstić information content (AvgIpc) is 3.02. The van der Waals surface area contributed by atoms with Crippen molar-refractivity contribution in [1.82, 2.24) is 4.98 Å². The minimum Gasteiger partial charge on any atom is -0.486 e. The fraction of sp³-hybridized carbons (Fsp3) is 0.167. The Morgan fingerprint density at radius 3 is 2.57 bits per heavy atom. The Kier molecular flexibility index (Phi) is 5.31. The zero-order chi connectivity index (χ0) is 16.1. The summed E-state index contributed by atoms with van der Waals surface area (Å²) in [5.74, 6) is 1.42. The highest BCUT2D eigenvalue weighted by molar-refractivity contribution is 7.98. The van der Waals surface area contributed by atoms with Gasteiger partial charge in [-0.2, -0.15) is 0 Å². The molecule has 0 aliphatic carbocycles. The Balaban J connectivity index is 1.51. The van der Waals surface area contributed by atoms with Gasteiger partial charge in [-0.15, -0.1) is 23.1 Å². The second kappa shape index (κ2) is 7.62. The monoisotopic (exact) mass is 345 g/mol. The van der Waals surface area contributed by atoms with Gasteiger partial charge < -0.3 is 4.74 Å². The number of aromatic nitrogens is 1. The summed E-state index contributed by atoms with van der Waals surface area (Å²) in [4.78, 5) is 5.61. The van der Waals surface area contributed by atoms with Crippen LogP contribution in [0.4, 0.5) is 4.39 Å². The molecule has 1 aromatic heterocycles. The second-order valence-corrected chi connectivity index (χ2v) is 7.07. The molecule has 23 heavy (non-hydrogen) atoms. The summed E-state index contributed by atoms with van der Waals surface area (Å²) in [5.41, 5.74) is 2.23. The van der Waals surface area contributed by atoms with E-state index in [9.17, 15) is 4.39 Å². The first kappa shape index (κ1) is 16.0. The van der Waals surface area contributed by atoms with Gasteiger partial charge in [-0.3, -0.25) is 0 Å². The molecule has 0 spiro atoms. The second-order valence-electron chi connectivity index (χ2n) is 5.08. The van der Waals surface area contributed by atoms with Gasteiger partial charge >= 0.3 is 0 Å². The molecule has 0 aliphatic rings. The van der Waals surface area contributed by atoms with Gasteiger partial charge in [0.05, 0.1) is 5.69 Å². The Morgan fingerprint density at radius 2 is 1.83 bits per heavy atom. The number of thioether (sulfide) groups is 1. The number of benzene rings is 2. The van der Waals surface area contributed by atoms with Crippen LogP contribution >= 0.6 is 23.1 Å². The summed E-state index contributed by atoms with van der Waals surface area (Å²) >= 11 is 3.25. The molecule has 0 bridgehead atoms. The third-order valence-corrected chi connectivity index (χ3v) is 5.10. The molecule has 0 saturated heterocycles. The molecule has 0 radical (unpaired) electrons. The van der Waals surface area contributed by atoms with E-state index in [0.29, 0.717) is 6.61 Å². The summed E-state index contributed by atoms with van der Waals surface area (Å²) in [5, 5.41) is 3.00. The highest BCUT2D eigenvalue weighted by atomic mass is 32.2. The zero-order valence-corrected chi connectivity index (χ0v) is 14.3. The number of hydrogen-bond acceptors (Lipinski definition) is 4. The molecule has 0 N–H and O–H groups in total. The van der Waals surface area contributed by atoms with Crippen LogP contribution in [0.3, 0.4) is 0 Å². The third-order valence-electron chi connectivity index (χ3n) is 3.18. The van der Waals surface area contributed by atoms with E-state index in [1.807, 2.05) is 29.6 Å². The number of thiazole rings is 1. The van der Waals surface area contributed by atoms with Gasteiger partial charge in [0.25, 0.3) is 0 Å². The van der Waals surface area contributed by atoms with Crippen molar-refractivity contribution >= 4 is 23.1 Å². The van der Waals surface area contributed by atoms with Crippen LogP contribution in [0, 0.1) is 12.7 Å². The minimum absolute atomic E-state index is 0.210. The molecule has 3 rings (SSSR count). The van der Waals surface area contributed by atoms with Crippen molar-refractivity contribution in [2.45, 2.75) is 24.2 Å². The van der Waals surface area contributed by atoms with Crippen molar-refractivity contribution in [3.63, 3.8) is 0 Å². The quantitative estimate of drug-likeness (QED) is 0.554. The van der Waals surface area contributed by atoms with Crippen LogP contribution in [0.25, 0.3) is 0 Å². The van der Waals surface area contributed by atoms with Crippen molar-refractivity contribution in [3.05, 3.63) is 76.0 Å². The van der Waals surface area contributed by atoms with Gasteiger partial charge in [-0.05, 0) is 43.3 Å². The van der Waals surface area contributed by atoms with Gasteiger partial charge in [0.15, 0.2) is 0 Å². The lowest BCUT2D eigenvalue weighted by atomic mass is 10.2. The lowest BCUT2D eigenvalue weighted by Gasteiger charge is -2.03. The summed E-state index contributed by atoms with van der Waals surface area (Å²) in [6, 6.07) is 14.5. The summed E-state index contributed by atoms with van der Waals surface area (Å²) in [6.45, 7) is 2.53. The molecular formula is C18H16FNOS2. The van der Waals surface area contributed by atoms with Gasteiger partial charge in [-0.1, -0.05) is 17.7 Å². The molecule has 0 aliphatic heterocycles. The standard InChI is InChI=1S/C18H16FNOS2/c1-13-2-6-16(7-3-13)21-10-18-20-15(12-23-18)11-22-17-8-4-14(19)5-9-17/h2-9,12H,10-11H2,1H3. The van der Waals surface area contributed by atoms with E-state index in [0.717, 1.165) is 27.1 Å². The lowest BCUT2D eigenvalue weighted by molar-refractivity contribution is 0.305. The number of halogens is 1. The van der Waals surface area contributed by atoms with Gasteiger partial charge in [-0.25, -0.2) is 9.37 Å². The van der Waals surface area contributed by atoms with Crippen LogP contribution in [0.1, 0.15) is 16.3 Å². The maximum atomic E-state index is 12.9. The van der Waals surface area contributed by atoms with E-state index < -0.39 is 0 Å². The largest absolute Gasteiger partial charge is 0.486 e. The van der Waals surface area contributed by atoms with Gasteiger partial charge in [0.1, 0.15) is 23.2 Å². The fourth-order valence-corrected chi connectivity index (χ4v) is 3.55. The SMILES string of the molecule is Cc1ccc(OCc2nc(CSc3ccc(F)cc3)cs2)cc1. The van der Waals surface area contributed by atoms with Crippen LogP contribution in [-0.2, 0) is 12.4 Å². The first-order valence-corrected chi connectivity index (χ1v) is 9.07. The Hall–Kier alpha value is -1.85. The van der Waals surface area contributed by atoms with Gasteiger partial charge in [0, 0.05) is 16.0 Å².